The Bertz CT molecular complexity index is 933. The summed E-state index contributed by atoms with van der Waals surface area (Å²) < 4.78 is 35.9. The molecule has 7 heteroatoms. The van der Waals surface area contributed by atoms with Crippen LogP contribution in [0.1, 0.15) is 37.3 Å². The van der Waals surface area contributed by atoms with E-state index in [1.54, 1.807) is 29.2 Å². The third-order valence-electron chi connectivity index (χ3n) is 5.87. The number of piperidine rings is 1. The molecule has 0 aliphatic carbocycles. The first-order valence-electron chi connectivity index (χ1n) is 10.3. The monoisotopic (exact) mass is 431 g/mol. The average molecular weight is 432 g/mol. The molecule has 1 aliphatic heterocycles. The minimum absolute atomic E-state index is 0.118. The van der Waals surface area contributed by atoms with Crippen LogP contribution in [0.5, 0.6) is 0 Å². The van der Waals surface area contributed by atoms with Crippen LogP contribution in [-0.4, -0.2) is 39.1 Å². The summed E-state index contributed by atoms with van der Waals surface area (Å²) in [6.07, 6.45) is 1.79. The molecule has 0 unspecified atom stereocenters. The van der Waals surface area contributed by atoms with E-state index in [1.807, 2.05) is 44.2 Å². The highest BCUT2D eigenvalue weighted by atomic mass is 32.2. The molecule has 1 fully saturated rings. The molecule has 1 aliphatic rings. The van der Waals surface area contributed by atoms with Crippen LogP contribution < -0.4 is 0 Å². The molecule has 1 amide bonds. The van der Waals surface area contributed by atoms with Gasteiger partial charge in [-0.1, -0.05) is 55.0 Å². The molecule has 30 heavy (non-hydrogen) atoms. The molecule has 0 N–H and O–H groups in total. The topological polar surface area (TPSA) is 72.9 Å². The van der Waals surface area contributed by atoms with Crippen molar-refractivity contribution in [3.8, 4) is 0 Å². The van der Waals surface area contributed by atoms with E-state index in [-0.39, 0.29) is 29.6 Å². The number of aryl methyl sites for hydroxylation is 1. The van der Waals surface area contributed by atoms with Crippen molar-refractivity contribution in [2.45, 2.75) is 44.6 Å². The van der Waals surface area contributed by atoms with Crippen LogP contribution >= 0.6 is 0 Å². The largest absolute Gasteiger partial charge is 0.445 e. The quantitative estimate of drug-likeness (QED) is 0.602. The van der Waals surface area contributed by atoms with Crippen molar-refractivity contribution in [2.75, 3.05) is 19.7 Å². The third kappa shape index (κ3) is 5.61. The van der Waals surface area contributed by atoms with Crippen LogP contribution in [0, 0.1) is 12.3 Å². The van der Waals surface area contributed by atoms with Crippen molar-refractivity contribution in [3.05, 3.63) is 65.7 Å². The predicted octanol–water partition coefficient (Wildman–Crippen LogP) is 4.53. The molecule has 1 heterocycles. The van der Waals surface area contributed by atoms with Crippen molar-refractivity contribution in [1.29, 1.82) is 0 Å². The second-order valence-electron chi connectivity index (χ2n) is 7.91. The molecule has 6 nitrogen and oxygen atoms in total. The molecule has 162 valence electrons. The van der Waals surface area contributed by atoms with E-state index < -0.39 is 10.1 Å². The van der Waals surface area contributed by atoms with Gasteiger partial charge < -0.3 is 9.64 Å². The highest BCUT2D eigenvalue weighted by molar-refractivity contribution is 7.86. The van der Waals surface area contributed by atoms with Crippen LogP contribution in [0.25, 0.3) is 0 Å². The minimum atomic E-state index is -3.80. The normalized spacial score (nSPS) is 16.3. The fourth-order valence-corrected chi connectivity index (χ4v) is 4.56. The lowest BCUT2D eigenvalue weighted by atomic mass is 9.77. The number of benzene rings is 2. The van der Waals surface area contributed by atoms with Crippen molar-refractivity contribution in [2.24, 2.45) is 5.41 Å². The van der Waals surface area contributed by atoms with E-state index >= 15 is 0 Å². The Labute approximate surface area is 178 Å². The number of rotatable bonds is 7. The zero-order valence-electron chi connectivity index (χ0n) is 17.5. The zero-order chi connectivity index (χ0) is 21.6. The van der Waals surface area contributed by atoms with Crippen LogP contribution in [0.4, 0.5) is 4.79 Å². The van der Waals surface area contributed by atoms with E-state index in [9.17, 15) is 13.2 Å². The van der Waals surface area contributed by atoms with Gasteiger partial charge in [0, 0.05) is 13.1 Å². The van der Waals surface area contributed by atoms with Gasteiger partial charge in [0.2, 0.25) is 0 Å². The number of nitrogens with zero attached hydrogens (tertiary/aromatic N) is 1. The number of hydrogen-bond donors (Lipinski definition) is 0. The van der Waals surface area contributed by atoms with Gasteiger partial charge in [-0.15, -0.1) is 0 Å². The lowest BCUT2D eigenvalue weighted by molar-refractivity contribution is 0.0378. The highest BCUT2D eigenvalue weighted by Gasteiger charge is 2.37. The van der Waals surface area contributed by atoms with Crippen LogP contribution in [-0.2, 0) is 25.6 Å². The molecule has 0 bridgehead atoms. The highest BCUT2D eigenvalue weighted by Crippen LogP contribution is 2.36. The number of carbonyl (C=O) groups excluding carboxylic acids is 1. The first kappa shape index (κ1) is 22.3. The second kappa shape index (κ2) is 9.62. The number of hydrogen-bond acceptors (Lipinski definition) is 5. The SMILES string of the molecule is CCC1(COS(=O)(=O)c2ccc(C)cc2)CCN(C(=O)OCc2ccccc2)CC1. The Morgan fingerprint density at radius 3 is 2.27 bits per heavy atom. The molecule has 0 aromatic heterocycles. The summed E-state index contributed by atoms with van der Waals surface area (Å²) in [6, 6.07) is 16.2. The van der Waals surface area contributed by atoms with Gasteiger partial charge in [-0.25, -0.2) is 4.79 Å². The first-order chi connectivity index (χ1) is 14.3. The number of amides is 1. The maximum atomic E-state index is 12.5. The van der Waals surface area contributed by atoms with Crippen molar-refractivity contribution >= 4 is 16.2 Å². The first-order valence-corrected chi connectivity index (χ1v) is 11.7. The summed E-state index contributed by atoms with van der Waals surface area (Å²) in [4.78, 5) is 14.2. The summed E-state index contributed by atoms with van der Waals surface area (Å²) in [5.41, 5.74) is 1.67. The smallest absolute Gasteiger partial charge is 0.410 e. The molecule has 0 atom stereocenters. The third-order valence-corrected chi connectivity index (χ3v) is 7.15. The summed E-state index contributed by atoms with van der Waals surface area (Å²) in [7, 11) is -3.80. The summed E-state index contributed by atoms with van der Waals surface area (Å²) in [5.74, 6) is 0. The van der Waals surface area contributed by atoms with Gasteiger partial charge in [0.25, 0.3) is 10.1 Å². The lowest BCUT2D eigenvalue weighted by Gasteiger charge is -2.40. The maximum absolute atomic E-state index is 12.5. The Kier molecular flexibility index (Phi) is 7.15. The maximum Gasteiger partial charge on any atom is 0.410 e. The van der Waals surface area contributed by atoms with Gasteiger partial charge in [-0.05, 0) is 49.3 Å². The van der Waals surface area contributed by atoms with Crippen molar-refractivity contribution in [3.63, 3.8) is 0 Å². The van der Waals surface area contributed by atoms with E-state index in [1.165, 1.54) is 0 Å². The fourth-order valence-electron chi connectivity index (χ4n) is 3.55. The van der Waals surface area contributed by atoms with E-state index in [4.69, 9.17) is 8.92 Å². The predicted molar refractivity (Wildman–Crippen MR) is 114 cm³/mol. The number of likely N-dealkylation sites (tertiary alicyclic amines) is 1. The zero-order valence-corrected chi connectivity index (χ0v) is 18.4. The lowest BCUT2D eigenvalue weighted by Crippen LogP contribution is -2.45. The van der Waals surface area contributed by atoms with Crippen LogP contribution in [0.3, 0.4) is 0 Å². The summed E-state index contributed by atoms with van der Waals surface area (Å²) in [6.45, 7) is 5.34. The summed E-state index contributed by atoms with van der Waals surface area (Å²) >= 11 is 0. The van der Waals surface area contributed by atoms with Crippen molar-refractivity contribution in [1.82, 2.24) is 4.90 Å². The Morgan fingerprint density at radius 2 is 1.67 bits per heavy atom. The van der Waals surface area contributed by atoms with E-state index in [0.29, 0.717) is 25.9 Å². The van der Waals surface area contributed by atoms with E-state index in [2.05, 4.69) is 0 Å². The molecule has 0 spiro atoms. The van der Waals surface area contributed by atoms with Crippen LogP contribution in [0.15, 0.2) is 59.5 Å². The van der Waals surface area contributed by atoms with Gasteiger partial charge in [-0.2, -0.15) is 8.42 Å². The molecular formula is C23H29NO5S. The molecule has 1 saturated heterocycles. The van der Waals surface area contributed by atoms with Gasteiger partial charge in [0.15, 0.2) is 0 Å². The fraction of sp³-hybridized carbons (Fsp3) is 0.435. The van der Waals surface area contributed by atoms with Gasteiger partial charge in [0.05, 0.1) is 11.5 Å². The molecular weight excluding hydrogens is 402 g/mol. The standard InChI is InChI=1S/C23H29NO5S/c1-3-23(18-29-30(26,27)21-11-9-19(2)10-12-21)13-15-24(16-14-23)22(25)28-17-20-7-5-4-6-8-20/h4-12H,3,13-18H2,1-2H3. The number of carbonyl (C=O) groups is 1. The molecule has 2 aromatic carbocycles. The van der Waals surface area contributed by atoms with E-state index in [0.717, 1.165) is 17.5 Å². The molecule has 3 rings (SSSR count). The second-order valence-corrected chi connectivity index (χ2v) is 9.53. The minimum Gasteiger partial charge on any atom is -0.445 e. The van der Waals surface area contributed by atoms with Crippen LogP contribution in [0.2, 0.25) is 0 Å². The Hall–Kier alpha value is -2.38. The molecule has 2 aromatic rings. The number of ether oxygens (including phenoxy) is 1. The van der Waals surface area contributed by atoms with Crippen molar-refractivity contribution < 1.29 is 22.1 Å². The molecule has 0 saturated carbocycles. The van der Waals surface area contributed by atoms with Gasteiger partial charge >= 0.3 is 6.09 Å². The summed E-state index contributed by atoms with van der Waals surface area (Å²) in [5, 5.41) is 0. The van der Waals surface area contributed by atoms with Gasteiger partial charge in [0.1, 0.15) is 6.61 Å². The Balaban J connectivity index is 1.53. The average Bonchev–Trinajstić information content (AvgIpc) is 2.77. The van der Waals surface area contributed by atoms with Gasteiger partial charge in [-0.3, -0.25) is 4.18 Å². The Morgan fingerprint density at radius 1 is 1.03 bits per heavy atom. The molecule has 0 radical (unpaired) electrons.